The lowest BCUT2D eigenvalue weighted by Crippen LogP contribution is -2.35. The Labute approximate surface area is 132 Å². The number of primary amides is 1. The molecule has 1 aromatic heterocycles. The quantitative estimate of drug-likeness (QED) is 0.685. The van der Waals surface area contributed by atoms with Crippen LogP contribution in [-0.2, 0) is 9.59 Å². The van der Waals surface area contributed by atoms with Crippen molar-refractivity contribution >= 4 is 28.5 Å². The maximum Gasteiger partial charge on any atom is 0.336 e. The van der Waals surface area contributed by atoms with Crippen LogP contribution in [0.4, 0.5) is 5.69 Å². The summed E-state index contributed by atoms with van der Waals surface area (Å²) in [6, 6.07) is 5.73. The Hall–Kier alpha value is -2.67. The Bertz CT molecular complexity index is 798. The van der Waals surface area contributed by atoms with Gasteiger partial charge in [0.05, 0.1) is 6.04 Å². The van der Waals surface area contributed by atoms with Crippen molar-refractivity contribution in [1.29, 1.82) is 0 Å². The molecule has 0 radical (unpaired) electrons. The highest BCUT2D eigenvalue weighted by Gasteiger charge is 2.14. The Balaban J connectivity index is 2.07. The number of fused-ring (bicyclic) bond motifs is 1. The largest absolute Gasteiger partial charge is 0.423 e. The third-order valence-corrected chi connectivity index (χ3v) is 3.49. The maximum absolute atomic E-state index is 12.0. The molecular weight excluding hydrogens is 298 g/mol. The van der Waals surface area contributed by atoms with Gasteiger partial charge in [0, 0.05) is 29.6 Å². The molecule has 2 aromatic rings. The van der Waals surface area contributed by atoms with Gasteiger partial charge in [-0.15, -0.1) is 0 Å². The van der Waals surface area contributed by atoms with E-state index in [1.165, 1.54) is 6.07 Å². The molecule has 0 aliphatic rings. The smallest absolute Gasteiger partial charge is 0.336 e. The van der Waals surface area contributed by atoms with Crippen LogP contribution < -0.4 is 22.4 Å². The Morgan fingerprint density at radius 2 is 2.04 bits per heavy atom. The van der Waals surface area contributed by atoms with E-state index in [-0.39, 0.29) is 12.3 Å². The molecule has 5 N–H and O–H groups in total. The number of carbonyl (C=O) groups excluding carboxylic acids is 2. The van der Waals surface area contributed by atoms with Gasteiger partial charge in [0.1, 0.15) is 5.58 Å². The summed E-state index contributed by atoms with van der Waals surface area (Å²) < 4.78 is 5.13. The van der Waals surface area contributed by atoms with Gasteiger partial charge in [-0.3, -0.25) is 9.59 Å². The van der Waals surface area contributed by atoms with E-state index < -0.39 is 17.6 Å². The Morgan fingerprint density at radius 3 is 2.74 bits per heavy atom. The predicted molar refractivity (Wildman–Crippen MR) is 86.9 cm³/mol. The standard InChI is InChI=1S/C16H19N3O4/c1-9-7-15(21)23-13-8-10(5-6-11(9)13)19-16(22)12(17)3-2-4-14(18)20/h5-8,12H,2-4,17H2,1H3,(H2,18,20)(H,19,22)/t12-/m0/s1. The molecule has 0 spiro atoms. The molecule has 0 aliphatic carbocycles. The number of nitrogens with two attached hydrogens (primary N) is 2. The average Bonchev–Trinajstić information content (AvgIpc) is 2.46. The molecule has 0 unspecified atom stereocenters. The number of nitrogens with one attached hydrogen (secondary N) is 1. The first kappa shape index (κ1) is 16.7. The van der Waals surface area contributed by atoms with Crippen molar-refractivity contribution in [3.63, 3.8) is 0 Å². The number of rotatable bonds is 6. The molecule has 0 aliphatic heterocycles. The molecule has 1 heterocycles. The third-order valence-electron chi connectivity index (χ3n) is 3.49. The highest BCUT2D eigenvalue weighted by Crippen LogP contribution is 2.20. The second kappa shape index (κ2) is 7.06. The van der Waals surface area contributed by atoms with Crippen molar-refractivity contribution in [2.75, 3.05) is 5.32 Å². The summed E-state index contributed by atoms with van der Waals surface area (Å²) >= 11 is 0. The van der Waals surface area contributed by atoms with E-state index in [2.05, 4.69) is 5.32 Å². The van der Waals surface area contributed by atoms with E-state index in [1.807, 2.05) is 6.92 Å². The fraction of sp³-hybridized carbons (Fsp3) is 0.312. The van der Waals surface area contributed by atoms with Gasteiger partial charge >= 0.3 is 5.63 Å². The van der Waals surface area contributed by atoms with E-state index in [4.69, 9.17) is 15.9 Å². The second-order valence-corrected chi connectivity index (χ2v) is 5.41. The molecular formula is C16H19N3O4. The normalized spacial score (nSPS) is 12.1. The Kier molecular flexibility index (Phi) is 5.13. The number of anilines is 1. The average molecular weight is 317 g/mol. The monoisotopic (exact) mass is 317 g/mol. The number of hydrogen-bond donors (Lipinski definition) is 3. The summed E-state index contributed by atoms with van der Waals surface area (Å²) in [5.74, 6) is -0.790. The van der Waals surface area contributed by atoms with Crippen LogP contribution in [0.25, 0.3) is 11.0 Å². The van der Waals surface area contributed by atoms with Crippen LogP contribution in [-0.4, -0.2) is 17.9 Å². The zero-order valence-electron chi connectivity index (χ0n) is 12.8. The molecule has 0 fully saturated rings. The van der Waals surface area contributed by atoms with Crippen molar-refractivity contribution in [3.05, 3.63) is 40.2 Å². The van der Waals surface area contributed by atoms with Crippen molar-refractivity contribution in [1.82, 2.24) is 0 Å². The molecule has 7 nitrogen and oxygen atoms in total. The molecule has 2 rings (SSSR count). The van der Waals surface area contributed by atoms with Crippen molar-refractivity contribution < 1.29 is 14.0 Å². The van der Waals surface area contributed by atoms with Crippen LogP contribution in [0.15, 0.2) is 33.5 Å². The zero-order valence-corrected chi connectivity index (χ0v) is 12.8. The summed E-state index contributed by atoms with van der Waals surface area (Å²) in [6.45, 7) is 1.81. The van der Waals surface area contributed by atoms with E-state index in [0.717, 1.165) is 10.9 Å². The third kappa shape index (κ3) is 4.40. The molecule has 0 saturated carbocycles. The fourth-order valence-electron chi connectivity index (χ4n) is 2.26. The molecule has 2 amide bonds. The minimum Gasteiger partial charge on any atom is -0.423 e. The van der Waals surface area contributed by atoms with Gasteiger partial charge in [-0.05, 0) is 37.5 Å². The van der Waals surface area contributed by atoms with Gasteiger partial charge in [0.25, 0.3) is 0 Å². The number of amides is 2. The highest BCUT2D eigenvalue weighted by atomic mass is 16.4. The Morgan fingerprint density at radius 1 is 1.30 bits per heavy atom. The molecule has 0 bridgehead atoms. The van der Waals surface area contributed by atoms with Gasteiger partial charge in [-0.1, -0.05) is 0 Å². The summed E-state index contributed by atoms with van der Waals surface area (Å²) in [5.41, 5.74) is 12.1. The molecule has 1 aromatic carbocycles. The molecule has 23 heavy (non-hydrogen) atoms. The first-order chi connectivity index (χ1) is 10.9. The van der Waals surface area contributed by atoms with Crippen LogP contribution in [0.5, 0.6) is 0 Å². The van der Waals surface area contributed by atoms with Crippen LogP contribution in [0.3, 0.4) is 0 Å². The summed E-state index contributed by atoms with van der Waals surface area (Å²) in [5, 5.41) is 3.47. The minimum absolute atomic E-state index is 0.196. The highest BCUT2D eigenvalue weighted by molar-refractivity contribution is 5.96. The summed E-state index contributed by atoms with van der Waals surface area (Å²) in [7, 11) is 0. The lowest BCUT2D eigenvalue weighted by Gasteiger charge is -2.12. The van der Waals surface area contributed by atoms with Gasteiger partial charge in [0.15, 0.2) is 0 Å². The van der Waals surface area contributed by atoms with Crippen LogP contribution in [0.2, 0.25) is 0 Å². The summed E-state index contributed by atoms with van der Waals surface area (Å²) in [6.07, 6.45) is 1.01. The number of aryl methyl sites for hydroxylation is 1. The van der Waals surface area contributed by atoms with Gasteiger partial charge in [-0.2, -0.15) is 0 Å². The lowest BCUT2D eigenvalue weighted by molar-refractivity contribution is -0.119. The van der Waals surface area contributed by atoms with Crippen LogP contribution in [0, 0.1) is 6.92 Å². The number of benzene rings is 1. The van der Waals surface area contributed by atoms with Crippen molar-refractivity contribution in [3.8, 4) is 0 Å². The van der Waals surface area contributed by atoms with Gasteiger partial charge in [0.2, 0.25) is 11.8 Å². The molecule has 122 valence electrons. The molecule has 7 heteroatoms. The van der Waals surface area contributed by atoms with E-state index in [9.17, 15) is 14.4 Å². The minimum atomic E-state index is -0.741. The summed E-state index contributed by atoms with van der Waals surface area (Å²) in [4.78, 5) is 34.1. The molecule has 0 saturated heterocycles. The van der Waals surface area contributed by atoms with Crippen LogP contribution >= 0.6 is 0 Å². The zero-order chi connectivity index (χ0) is 17.0. The van der Waals surface area contributed by atoms with E-state index in [0.29, 0.717) is 24.1 Å². The van der Waals surface area contributed by atoms with Crippen molar-refractivity contribution in [2.24, 2.45) is 11.5 Å². The van der Waals surface area contributed by atoms with Crippen LogP contribution in [0.1, 0.15) is 24.8 Å². The van der Waals surface area contributed by atoms with Gasteiger partial charge in [-0.25, -0.2) is 4.79 Å². The maximum atomic E-state index is 12.0. The SMILES string of the molecule is Cc1cc(=O)oc2cc(NC(=O)[C@@H](N)CCCC(N)=O)ccc12. The van der Waals surface area contributed by atoms with E-state index >= 15 is 0 Å². The first-order valence-electron chi connectivity index (χ1n) is 7.26. The van der Waals surface area contributed by atoms with Crippen molar-refractivity contribution in [2.45, 2.75) is 32.2 Å². The lowest BCUT2D eigenvalue weighted by atomic mass is 10.1. The topological polar surface area (TPSA) is 128 Å². The van der Waals surface area contributed by atoms with E-state index in [1.54, 1.807) is 18.2 Å². The number of carbonyl (C=O) groups is 2. The number of hydrogen-bond acceptors (Lipinski definition) is 5. The first-order valence-corrected chi connectivity index (χ1v) is 7.26. The predicted octanol–water partition coefficient (Wildman–Crippen LogP) is 1.02. The van der Waals surface area contributed by atoms with Gasteiger partial charge < -0.3 is 21.2 Å². The fourth-order valence-corrected chi connectivity index (χ4v) is 2.26. The second-order valence-electron chi connectivity index (χ2n) is 5.41. The molecule has 1 atom stereocenters.